The van der Waals surface area contributed by atoms with Crippen molar-refractivity contribution >= 4 is 0 Å². The maximum atomic E-state index is 12.4. The zero-order valence-corrected chi connectivity index (χ0v) is 7.31. The molecule has 0 heterocycles. The average Bonchev–Trinajstić information content (AvgIpc) is 2.06. The summed E-state index contributed by atoms with van der Waals surface area (Å²) in [6.07, 6.45) is -10.9. The Bertz CT molecular complexity index is 327. The summed E-state index contributed by atoms with van der Waals surface area (Å²) in [7, 11) is 0. The smallest absolute Gasteiger partial charge is 0.426 e. The fourth-order valence-electron chi connectivity index (χ4n) is 0.763. The molecule has 6 heteroatoms. The Kier molecular flexibility index (Phi) is 2.88. The van der Waals surface area contributed by atoms with Crippen LogP contribution in [0.3, 0.4) is 0 Å². The van der Waals surface area contributed by atoms with Crippen molar-refractivity contribution in [1.29, 1.82) is 0 Å². The van der Waals surface area contributed by atoms with E-state index in [9.17, 15) is 22.0 Å². The lowest BCUT2D eigenvalue weighted by atomic mass is 10.2. The highest BCUT2D eigenvalue weighted by Crippen LogP contribution is 2.37. The van der Waals surface area contributed by atoms with Crippen molar-refractivity contribution in [2.75, 3.05) is 0 Å². The minimum absolute atomic E-state index is 0.484. The van der Waals surface area contributed by atoms with E-state index in [-0.39, 0.29) is 0 Å². The first kappa shape index (κ1) is 11.7. The third kappa shape index (κ3) is 2.81. The van der Waals surface area contributed by atoms with E-state index in [4.69, 9.17) is 0 Å². The Morgan fingerprint density at radius 1 is 0.933 bits per heavy atom. The zero-order valence-electron chi connectivity index (χ0n) is 7.31. The van der Waals surface area contributed by atoms with Gasteiger partial charge in [0.05, 0.1) is 0 Å². The van der Waals surface area contributed by atoms with Crippen molar-refractivity contribution in [3.8, 4) is 5.75 Å². The second-order valence-electron chi connectivity index (χ2n) is 2.76. The van der Waals surface area contributed by atoms with Crippen LogP contribution < -0.4 is 4.74 Å². The van der Waals surface area contributed by atoms with Gasteiger partial charge in [-0.25, -0.2) is 0 Å². The van der Waals surface area contributed by atoms with Crippen LogP contribution in [-0.2, 0) is 0 Å². The lowest BCUT2D eigenvalue weighted by Crippen LogP contribution is -2.41. The van der Waals surface area contributed by atoms with Gasteiger partial charge in [0.2, 0.25) is 0 Å². The Hall–Kier alpha value is -1.33. The van der Waals surface area contributed by atoms with Crippen LogP contribution in [0, 0.1) is 6.92 Å². The van der Waals surface area contributed by atoms with Crippen LogP contribution in [0.4, 0.5) is 22.0 Å². The molecule has 83 valence electrons. The molecule has 0 N–H and O–H groups in total. The molecule has 1 aromatic rings. The molecule has 0 saturated heterocycles. The van der Waals surface area contributed by atoms with Crippen molar-refractivity contribution in [2.45, 2.75) is 12.3 Å². The van der Waals surface area contributed by atoms with E-state index in [2.05, 4.69) is 11.7 Å². The minimum Gasteiger partial charge on any atom is -0.426 e. The second-order valence-corrected chi connectivity index (χ2v) is 2.76. The van der Waals surface area contributed by atoms with Crippen molar-refractivity contribution in [3.63, 3.8) is 0 Å². The van der Waals surface area contributed by atoms with Gasteiger partial charge < -0.3 is 4.74 Å². The van der Waals surface area contributed by atoms with Gasteiger partial charge in [0.25, 0.3) is 0 Å². The standard InChI is InChI=1S/C9H6F5O/c1-6-2-4-7(5-3-6)15-9(13,14)8(10,11)12/h2-5H,1H2. The maximum absolute atomic E-state index is 12.4. The molecule has 1 aromatic carbocycles. The van der Waals surface area contributed by atoms with E-state index in [1.165, 1.54) is 12.1 Å². The summed E-state index contributed by atoms with van der Waals surface area (Å²) in [5, 5.41) is 0. The van der Waals surface area contributed by atoms with Gasteiger partial charge >= 0.3 is 12.3 Å². The Labute approximate surface area is 82.5 Å². The van der Waals surface area contributed by atoms with Gasteiger partial charge in [0.1, 0.15) is 5.75 Å². The van der Waals surface area contributed by atoms with Crippen LogP contribution >= 0.6 is 0 Å². The molecule has 1 radical (unpaired) electrons. The number of hydrogen-bond acceptors (Lipinski definition) is 1. The molecular weight excluding hydrogens is 219 g/mol. The highest BCUT2D eigenvalue weighted by Gasteiger charge is 2.61. The van der Waals surface area contributed by atoms with Gasteiger partial charge in [-0.1, -0.05) is 12.1 Å². The van der Waals surface area contributed by atoms with Gasteiger partial charge in [-0.15, -0.1) is 0 Å². The molecule has 15 heavy (non-hydrogen) atoms. The van der Waals surface area contributed by atoms with Gasteiger partial charge in [-0.2, -0.15) is 22.0 Å². The van der Waals surface area contributed by atoms with Crippen molar-refractivity contribution in [3.05, 3.63) is 36.8 Å². The summed E-state index contributed by atoms with van der Waals surface area (Å²) < 4.78 is 63.4. The Morgan fingerprint density at radius 3 is 1.80 bits per heavy atom. The summed E-state index contributed by atoms with van der Waals surface area (Å²) in [6, 6.07) is 4.51. The quantitative estimate of drug-likeness (QED) is 0.701. The number of halogens is 5. The predicted octanol–water partition coefficient (Wildman–Crippen LogP) is 3.40. The zero-order chi connectivity index (χ0) is 11.7. The first-order valence-corrected chi connectivity index (χ1v) is 3.78. The van der Waals surface area contributed by atoms with Crippen molar-refractivity contribution < 1.29 is 26.7 Å². The van der Waals surface area contributed by atoms with Crippen LogP contribution in [0.25, 0.3) is 0 Å². The molecule has 0 saturated carbocycles. The number of alkyl halides is 5. The molecule has 1 nitrogen and oxygen atoms in total. The number of ether oxygens (including phenoxy) is 1. The normalized spacial score (nSPS) is 12.7. The van der Waals surface area contributed by atoms with E-state index in [0.29, 0.717) is 5.56 Å². The molecule has 0 fully saturated rings. The largest absolute Gasteiger partial charge is 0.499 e. The SMILES string of the molecule is [CH2]c1ccc(OC(F)(F)C(F)(F)F)cc1. The van der Waals surface area contributed by atoms with E-state index in [1.807, 2.05) is 0 Å². The van der Waals surface area contributed by atoms with Gasteiger partial charge in [0, 0.05) is 0 Å². The third-order valence-corrected chi connectivity index (χ3v) is 1.50. The molecule has 0 aliphatic carbocycles. The van der Waals surface area contributed by atoms with E-state index in [0.717, 1.165) is 12.1 Å². The molecule has 0 bridgehead atoms. The lowest BCUT2D eigenvalue weighted by molar-refractivity contribution is -0.360. The first-order valence-electron chi connectivity index (χ1n) is 3.78. The molecule has 1 rings (SSSR count). The van der Waals surface area contributed by atoms with Gasteiger partial charge in [0.15, 0.2) is 0 Å². The fourth-order valence-corrected chi connectivity index (χ4v) is 0.763. The van der Waals surface area contributed by atoms with Crippen LogP contribution in [0.15, 0.2) is 24.3 Å². The Morgan fingerprint density at radius 2 is 1.40 bits per heavy atom. The van der Waals surface area contributed by atoms with Gasteiger partial charge in [-0.05, 0) is 24.6 Å². The summed E-state index contributed by atoms with van der Waals surface area (Å²) >= 11 is 0. The third-order valence-electron chi connectivity index (χ3n) is 1.50. The molecular formula is C9H6F5O. The van der Waals surface area contributed by atoms with Crippen LogP contribution in [0.2, 0.25) is 0 Å². The number of rotatable bonds is 2. The topological polar surface area (TPSA) is 9.23 Å². The summed E-state index contributed by atoms with van der Waals surface area (Å²) in [4.78, 5) is 0. The van der Waals surface area contributed by atoms with Crippen molar-refractivity contribution in [2.24, 2.45) is 0 Å². The predicted molar refractivity (Wildman–Crippen MR) is 42.5 cm³/mol. The minimum atomic E-state index is -5.73. The molecule has 0 amide bonds. The number of benzene rings is 1. The Balaban J connectivity index is 2.82. The molecule has 0 unspecified atom stereocenters. The summed E-state index contributed by atoms with van der Waals surface area (Å²) in [5.41, 5.74) is 0.484. The van der Waals surface area contributed by atoms with E-state index < -0.39 is 18.0 Å². The monoisotopic (exact) mass is 225 g/mol. The number of hydrogen-bond donors (Lipinski definition) is 0. The molecule has 0 aliphatic heterocycles. The first-order chi connectivity index (χ1) is 6.72. The highest BCUT2D eigenvalue weighted by atomic mass is 19.4. The van der Waals surface area contributed by atoms with Gasteiger partial charge in [-0.3, -0.25) is 0 Å². The molecule has 0 spiro atoms. The summed E-state index contributed by atoms with van der Waals surface area (Å²) in [6.45, 7) is 3.44. The maximum Gasteiger partial charge on any atom is 0.499 e. The highest BCUT2D eigenvalue weighted by molar-refractivity contribution is 5.28. The second kappa shape index (κ2) is 3.67. The summed E-state index contributed by atoms with van der Waals surface area (Å²) in [5.74, 6) is -0.565. The van der Waals surface area contributed by atoms with Crippen LogP contribution in [0.5, 0.6) is 5.75 Å². The molecule has 0 aliphatic rings. The van der Waals surface area contributed by atoms with Crippen molar-refractivity contribution in [1.82, 2.24) is 0 Å². The fraction of sp³-hybridized carbons (Fsp3) is 0.222. The molecule has 0 atom stereocenters. The van der Waals surface area contributed by atoms with E-state index in [1.54, 1.807) is 0 Å². The van der Waals surface area contributed by atoms with E-state index >= 15 is 0 Å². The lowest BCUT2D eigenvalue weighted by Gasteiger charge is -2.20. The molecule has 0 aromatic heterocycles. The average molecular weight is 225 g/mol. The van der Waals surface area contributed by atoms with Crippen LogP contribution in [0.1, 0.15) is 5.56 Å². The van der Waals surface area contributed by atoms with Crippen LogP contribution in [-0.4, -0.2) is 12.3 Å².